The number of anilines is 1. The first-order valence-electron chi connectivity index (χ1n) is 10.5. The Morgan fingerprint density at radius 3 is 2.77 bits per heavy atom. The Morgan fingerprint density at radius 2 is 2.00 bits per heavy atom. The number of carboxylic acids is 1. The van der Waals surface area contributed by atoms with Crippen molar-refractivity contribution < 1.29 is 19.5 Å². The van der Waals surface area contributed by atoms with E-state index >= 15 is 0 Å². The molecule has 2 aromatic rings. The SMILES string of the molecule is CSCC[C@H](NC(=O)CCCCCNC(=O)N1CCn2c1nc1ccccc12)C(=O)O. The molecule has 0 saturated carbocycles. The highest BCUT2D eigenvalue weighted by molar-refractivity contribution is 7.98. The van der Waals surface area contributed by atoms with Crippen molar-refractivity contribution in [3.05, 3.63) is 24.3 Å². The van der Waals surface area contributed by atoms with E-state index in [0.29, 0.717) is 37.6 Å². The molecule has 2 heterocycles. The fourth-order valence-electron chi connectivity index (χ4n) is 3.62. The van der Waals surface area contributed by atoms with Gasteiger partial charge in [-0.1, -0.05) is 18.6 Å². The average molecular weight is 448 g/mol. The maximum atomic E-state index is 12.5. The molecule has 3 N–H and O–H groups in total. The summed E-state index contributed by atoms with van der Waals surface area (Å²) in [4.78, 5) is 41.9. The van der Waals surface area contributed by atoms with Gasteiger partial charge in [-0.2, -0.15) is 11.8 Å². The maximum Gasteiger partial charge on any atom is 0.326 e. The Morgan fingerprint density at radius 1 is 1.19 bits per heavy atom. The quantitative estimate of drug-likeness (QED) is 0.456. The highest BCUT2D eigenvalue weighted by Crippen LogP contribution is 2.26. The lowest BCUT2D eigenvalue weighted by atomic mass is 10.1. The summed E-state index contributed by atoms with van der Waals surface area (Å²) < 4.78 is 2.05. The van der Waals surface area contributed by atoms with Crippen molar-refractivity contribution in [1.29, 1.82) is 0 Å². The third kappa shape index (κ3) is 5.90. The molecule has 0 bridgehead atoms. The topological polar surface area (TPSA) is 117 Å². The number of hydrogen-bond acceptors (Lipinski definition) is 5. The Balaban J connectivity index is 1.34. The Bertz CT molecular complexity index is 932. The molecule has 168 valence electrons. The van der Waals surface area contributed by atoms with E-state index in [0.717, 1.165) is 30.4 Å². The summed E-state index contributed by atoms with van der Waals surface area (Å²) in [5, 5.41) is 14.7. The van der Waals surface area contributed by atoms with Gasteiger partial charge in [0.25, 0.3) is 0 Å². The summed E-state index contributed by atoms with van der Waals surface area (Å²) in [6.45, 7) is 1.84. The number of rotatable bonds is 11. The predicted octanol–water partition coefficient (Wildman–Crippen LogP) is 2.45. The molecule has 1 atom stereocenters. The van der Waals surface area contributed by atoms with Gasteiger partial charge in [0.15, 0.2) is 0 Å². The third-order valence-corrected chi connectivity index (χ3v) is 5.91. The standard InChI is InChI=1S/C21H29N5O4S/c1-31-14-10-16(19(28)29)23-18(27)9-3-2-6-11-22-21(30)26-13-12-25-17-8-5-4-7-15(17)24-20(25)26/h4-5,7-8,16H,2-3,6,9-14H2,1H3,(H,22,30)(H,23,27)(H,28,29)/t16-/m0/s1. The Labute approximate surface area is 185 Å². The number of hydrogen-bond donors (Lipinski definition) is 3. The Hall–Kier alpha value is -2.75. The number of benzene rings is 1. The second kappa shape index (κ2) is 11.0. The number of nitrogens with one attached hydrogen (secondary N) is 2. The molecule has 1 aliphatic rings. The van der Waals surface area contributed by atoms with Crippen LogP contribution in [-0.4, -0.2) is 63.7 Å². The van der Waals surface area contributed by atoms with Crippen LogP contribution in [0.2, 0.25) is 0 Å². The first kappa shape index (κ1) is 22.9. The van der Waals surface area contributed by atoms with E-state index in [2.05, 4.69) is 20.2 Å². The number of imidazole rings is 1. The maximum absolute atomic E-state index is 12.5. The number of urea groups is 1. The number of aliphatic carboxylic acids is 1. The predicted molar refractivity (Wildman–Crippen MR) is 122 cm³/mol. The molecule has 9 nitrogen and oxygen atoms in total. The van der Waals surface area contributed by atoms with E-state index in [-0.39, 0.29) is 18.4 Å². The molecule has 0 unspecified atom stereocenters. The highest BCUT2D eigenvalue weighted by Gasteiger charge is 2.28. The number of carboxylic acid groups (broad SMARTS) is 1. The zero-order valence-corrected chi connectivity index (χ0v) is 18.5. The van der Waals surface area contributed by atoms with Crippen molar-refractivity contribution in [3.8, 4) is 0 Å². The zero-order valence-electron chi connectivity index (χ0n) is 17.7. The van der Waals surface area contributed by atoms with Gasteiger partial charge in [-0.15, -0.1) is 0 Å². The molecule has 0 saturated heterocycles. The number of fused-ring (bicyclic) bond motifs is 3. The van der Waals surface area contributed by atoms with E-state index in [4.69, 9.17) is 5.11 Å². The van der Waals surface area contributed by atoms with Crippen LogP contribution in [0.3, 0.4) is 0 Å². The average Bonchev–Trinajstić information content (AvgIpc) is 3.32. The summed E-state index contributed by atoms with van der Waals surface area (Å²) in [6.07, 6.45) is 4.77. The number of nitrogens with zero attached hydrogens (tertiary/aromatic N) is 3. The van der Waals surface area contributed by atoms with Crippen LogP contribution in [0.4, 0.5) is 10.7 Å². The zero-order chi connectivity index (χ0) is 22.2. The lowest BCUT2D eigenvalue weighted by Crippen LogP contribution is -2.41. The van der Waals surface area contributed by atoms with Crippen molar-refractivity contribution >= 4 is 46.7 Å². The number of carbonyl (C=O) groups is 3. The van der Waals surface area contributed by atoms with Crippen LogP contribution < -0.4 is 15.5 Å². The van der Waals surface area contributed by atoms with E-state index in [1.807, 2.05) is 30.5 Å². The van der Waals surface area contributed by atoms with E-state index in [1.165, 1.54) is 0 Å². The number of aromatic nitrogens is 2. The summed E-state index contributed by atoms with van der Waals surface area (Å²) in [6, 6.07) is 6.85. The van der Waals surface area contributed by atoms with Crippen molar-refractivity contribution in [2.45, 2.75) is 44.7 Å². The van der Waals surface area contributed by atoms with Crippen molar-refractivity contribution in [2.24, 2.45) is 0 Å². The number of unbranched alkanes of at least 4 members (excludes halogenated alkanes) is 2. The number of carbonyl (C=O) groups excluding carboxylic acids is 2. The molecular weight excluding hydrogens is 418 g/mol. The number of amides is 3. The largest absolute Gasteiger partial charge is 0.480 e. The lowest BCUT2D eigenvalue weighted by Gasteiger charge is -2.15. The van der Waals surface area contributed by atoms with Gasteiger partial charge in [-0.05, 0) is 43.4 Å². The van der Waals surface area contributed by atoms with Crippen LogP contribution in [0.5, 0.6) is 0 Å². The minimum atomic E-state index is -0.999. The molecular formula is C21H29N5O4S. The number of thioether (sulfide) groups is 1. The minimum Gasteiger partial charge on any atom is -0.480 e. The van der Waals surface area contributed by atoms with Gasteiger partial charge >= 0.3 is 12.0 Å². The smallest absolute Gasteiger partial charge is 0.326 e. The van der Waals surface area contributed by atoms with Crippen LogP contribution in [-0.2, 0) is 16.1 Å². The number of para-hydroxylation sites is 2. The normalized spacial score (nSPS) is 13.8. The van der Waals surface area contributed by atoms with Gasteiger partial charge in [-0.3, -0.25) is 9.69 Å². The van der Waals surface area contributed by atoms with Crippen LogP contribution in [0.15, 0.2) is 24.3 Å². The molecule has 0 radical (unpaired) electrons. The minimum absolute atomic E-state index is 0.162. The fourth-order valence-corrected chi connectivity index (χ4v) is 4.09. The van der Waals surface area contributed by atoms with E-state index in [1.54, 1.807) is 16.7 Å². The third-order valence-electron chi connectivity index (χ3n) is 5.27. The van der Waals surface area contributed by atoms with Gasteiger partial charge in [0.05, 0.1) is 11.0 Å². The van der Waals surface area contributed by atoms with Crippen LogP contribution >= 0.6 is 11.8 Å². The van der Waals surface area contributed by atoms with E-state index in [9.17, 15) is 14.4 Å². The van der Waals surface area contributed by atoms with Crippen molar-refractivity contribution in [2.75, 3.05) is 30.0 Å². The molecule has 3 amide bonds. The molecule has 1 aliphatic heterocycles. The van der Waals surface area contributed by atoms with Crippen LogP contribution in [0.25, 0.3) is 11.0 Å². The Kier molecular flexibility index (Phi) is 8.16. The first-order valence-corrected chi connectivity index (χ1v) is 11.9. The van der Waals surface area contributed by atoms with Crippen molar-refractivity contribution in [3.63, 3.8) is 0 Å². The second-order valence-corrected chi connectivity index (χ2v) is 8.47. The van der Waals surface area contributed by atoms with E-state index < -0.39 is 12.0 Å². The van der Waals surface area contributed by atoms with Gasteiger partial charge in [-0.25, -0.2) is 14.6 Å². The monoisotopic (exact) mass is 447 g/mol. The van der Waals surface area contributed by atoms with Gasteiger partial charge in [0.2, 0.25) is 11.9 Å². The fraction of sp³-hybridized carbons (Fsp3) is 0.524. The summed E-state index contributed by atoms with van der Waals surface area (Å²) >= 11 is 1.55. The summed E-state index contributed by atoms with van der Waals surface area (Å²) in [7, 11) is 0. The van der Waals surface area contributed by atoms with Crippen LogP contribution in [0.1, 0.15) is 32.1 Å². The second-order valence-electron chi connectivity index (χ2n) is 7.49. The summed E-state index contributed by atoms with van der Waals surface area (Å²) in [5.74, 6) is 0.114. The molecule has 3 rings (SSSR count). The molecule has 0 spiro atoms. The van der Waals surface area contributed by atoms with Gasteiger partial charge < -0.3 is 20.3 Å². The molecule has 1 aromatic heterocycles. The first-order chi connectivity index (χ1) is 15.0. The molecule has 10 heteroatoms. The molecule has 1 aromatic carbocycles. The summed E-state index contributed by atoms with van der Waals surface area (Å²) in [5.41, 5.74) is 1.91. The molecule has 31 heavy (non-hydrogen) atoms. The van der Waals surface area contributed by atoms with Gasteiger partial charge in [0.1, 0.15) is 6.04 Å². The molecule has 0 aliphatic carbocycles. The van der Waals surface area contributed by atoms with Crippen LogP contribution in [0, 0.1) is 0 Å². The molecule has 0 fully saturated rings. The highest BCUT2D eigenvalue weighted by atomic mass is 32.2. The van der Waals surface area contributed by atoms with Gasteiger partial charge in [0, 0.05) is 26.1 Å². The lowest BCUT2D eigenvalue weighted by molar-refractivity contribution is -0.141. The van der Waals surface area contributed by atoms with Crippen molar-refractivity contribution in [1.82, 2.24) is 20.2 Å².